The maximum Gasteiger partial charge on any atom is 0.191 e. The number of thiazole rings is 1. The van der Waals surface area contributed by atoms with Gasteiger partial charge in [-0.15, -0.1) is 35.3 Å². The lowest BCUT2D eigenvalue weighted by Gasteiger charge is -2.35. The van der Waals surface area contributed by atoms with Gasteiger partial charge >= 0.3 is 0 Å². The summed E-state index contributed by atoms with van der Waals surface area (Å²) in [6.07, 6.45) is 2.93. The number of rotatable bonds is 7. The number of halogens is 1. The Balaban J connectivity index is 0.00000272. The molecule has 0 radical (unpaired) electrons. The quantitative estimate of drug-likeness (QED) is 0.245. The SMILES string of the molecule is I.NC(=NCCCN1CCN(Cc2ccccc2)CC1)N1CCN(c2nccs2)CC1. The normalized spacial score (nSPS) is 18.8. The summed E-state index contributed by atoms with van der Waals surface area (Å²) in [6.45, 7) is 11.3. The molecule has 0 unspecified atom stereocenters. The van der Waals surface area contributed by atoms with Gasteiger partial charge in [-0.2, -0.15) is 0 Å². The number of nitrogens with two attached hydrogens (primary N) is 1. The van der Waals surface area contributed by atoms with Gasteiger partial charge < -0.3 is 20.4 Å². The molecule has 9 heteroatoms. The molecule has 31 heavy (non-hydrogen) atoms. The van der Waals surface area contributed by atoms with Crippen molar-refractivity contribution < 1.29 is 0 Å². The molecule has 1 aromatic carbocycles. The zero-order valence-electron chi connectivity index (χ0n) is 18.1. The van der Waals surface area contributed by atoms with Gasteiger partial charge in [-0.1, -0.05) is 30.3 Å². The van der Waals surface area contributed by atoms with Crippen molar-refractivity contribution in [3.05, 3.63) is 47.5 Å². The first kappa shape index (κ1) is 24.2. The zero-order valence-corrected chi connectivity index (χ0v) is 21.3. The van der Waals surface area contributed by atoms with Crippen molar-refractivity contribution in [1.29, 1.82) is 0 Å². The number of aromatic nitrogens is 1. The third-order valence-corrected chi connectivity index (χ3v) is 6.75. The Morgan fingerprint density at radius 3 is 2.35 bits per heavy atom. The lowest BCUT2D eigenvalue weighted by Crippen LogP contribution is -2.51. The number of benzene rings is 1. The standard InChI is InChI=1S/C22H33N7S.HI/c23-21(28-14-16-29(17-15-28)22-25-8-18-30-22)24-7-4-9-26-10-12-27(13-11-26)19-20-5-2-1-3-6-20;/h1-3,5-6,8,18H,4,7,9-17,19H2,(H2,23,24);1H. The maximum absolute atomic E-state index is 6.25. The minimum absolute atomic E-state index is 0. The molecular weight excluding hydrogens is 521 g/mol. The van der Waals surface area contributed by atoms with Gasteiger partial charge in [0, 0.05) is 83.6 Å². The summed E-state index contributed by atoms with van der Waals surface area (Å²) in [5.41, 5.74) is 7.65. The molecule has 2 fully saturated rings. The molecule has 0 bridgehead atoms. The zero-order chi connectivity index (χ0) is 20.6. The number of aliphatic imine (C=N–C) groups is 1. The summed E-state index contributed by atoms with van der Waals surface area (Å²) in [7, 11) is 0. The molecule has 0 aliphatic carbocycles. The highest BCUT2D eigenvalue weighted by Crippen LogP contribution is 2.18. The first-order valence-corrected chi connectivity index (χ1v) is 11.8. The highest BCUT2D eigenvalue weighted by atomic mass is 127. The summed E-state index contributed by atoms with van der Waals surface area (Å²) in [5, 5.41) is 3.13. The van der Waals surface area contributed by atoms with Gasteiger partial charge in [-0.3, -0.25) is 9.89 Å². The smallest absolute Gasteiger partial charge is 0.191 e. The molecule has 2 aliphatic heterocycles. The largest absolute Gasteiger partial charge is 0.370 e. The van der Waals surface area contributed by atoms with E-state index in [1.807, 2.05) is 11.6 Å². The van der Waals surface area contributed by atoms with Crippen LogP contribution >= 0.6 is 35.3 Å². The highest BCUT2D eigenvalue weighted by molar-refractivity contribution is 14.0. The van der Waals surface area contributed by atoms with Crippen LogP contribution in [0.5, 0.6) is 0 Å². The van der Waals surface area contributed by atoms with Gasteiger partial charge in [-0.05, 0) is 12.0 Å². The number of hydrogen-bond donors (Lipinski definition) is 1. The number of piperazine rings is 2. The van der Waals surface area contributed by atoms with Crippen LogP contribution in [0, 0.1) is 0 Å². The van der Waals surface area contributed by atoms with Crippen LogP contribution in [0.4, 0.5) is 5.13 Å². The van der Waals surface area contributed by atoms with Crippen LogP contribution in [0.25, 0.3) is 0 Å². The fourth-order valence-electron chi connectivity index (χ4n) is 4.10. The number of nitrogens with zero attached hydrogens (tertiary/aromatic N) is 6. The third kappa shape index (κ3) is 7.30. The lowest BCUT2D eigenvalue weighted by atomic mass is 10.2. The molecule has 170 valence electrons. The molecule has 0 saturated carbocycles. The predicted molar refractivity (Wildman–Crippen MR) is 141 cm³/mol. The van der Waals surface area contributed by atoms with Crippen molar-refractivity contribution in [1.82, 2.24) is 19.7 Å². The molecule has 0 spiro atoms. The first-order valence-electron chi connectivity index (χ1n) is 11.0. The van der Waals surface area contributed by atoms with E-state index < -0.39 is 0 Å². The van der Waals surface area contributed by atoms with E-state index in [0.717, 1.165) is 83.5 Å². The van der Waals surface area contributed by atoms with E-state index in [-0.39, 0.29) is 24.0 Å². The van der Waals surface area contributed by atoms with Crippen LogP contribution in [-0.2, 0) is 6.54 Å². The second-order valence-electron chi connectivity index (χ2n) is 7.99. The summed E-state index contributed by atoms with van der Waals surface area (Å²) in [6, 6.07) is 10.8. The predicted octanol–water partition coefficient (Wildman–Crippen LogP) is 2.41. The summed E-state index contributed by atoms with van der Waals surface area (Å²) in [5.74, 6) is 0.696. The first-order chi connectivity index (χ1) is 14.8. The highest BCUT2D eigenvalue weighted by Gasteiger charge is 2.20. The minimum Gasteiger partial charge on any atom is -0.370 e. The molecular formula is C22H34IN7S. The van der Waals surface area contributed by atoms with Gasteiger partial charge in [0.25, 0.3) is 0 Å². The molecule has 7 nitrogen and oxygen atoms in total. The molecule has 3 heterocycles. The topological polar surface area (TPSA) is 64.2 Å². The molecule has 2 aromatic rings. The van der Waals surface area contributed by atoms with Crippen molar-refractivity contribution in [3.63, 3.8) is 0 Å². The number of guanidine groups is 1. The van der Waals surface area contributed by atoms with Crippen LogP contribution in [0.3, 0.4) is 0 Å². The van der Waals surface area contributed by atoms with Crippen LogP contribution < -0.4 is 10.6 Å². The monoisotopic (exact) mass is 555 g/mol. The van der Waals surface area contributed by atoms with E-state index >= 15 is 0 Å². The van der Waals surface area contributed by atoms with E-state index in [4.69, 9.17) is 5.73 Å². The Labute approximate surface area is 206 Å². The van der Waals surface area contributed by atoms with Crippen molar-refractivity contribution >= 4 is 46.4 Å². The Morgan fingerprint density at radius 2 is 1.68 bits per heavy atom. The van der Waals surface area contributed by atoms with Crippen LogP contribution in [0.2, 0.25) is 0 Å². The molecule has 1 aromatic heterocycles. The van der Waals surface area contributed by atoms with E-state index in [0.29, 0.717) is 5.96 Å². The van der Waals surface area contributed by atoms with Gasteiger partial charge in [0.15, 0.2) is 11.1 Å². The Hall–Kier alpha value is -1.43. The van der Waals surface area contributed by atoms with E-state index in [9.17, 15) is 0 Å². The fourth-order valence-corrected chi connectivity index (χ4v) is 4.80. The van der Waals surface area contributed by atoms with Crippen molar-refractivity contribution in [3.8, 4) is 0 Å². The van der Waals surface area contributed by atoms with Crippen molar-refractivity contribution in [2.24, 2.45) is 10.7 Å². The van der Waals surface area contributed by atoms with Crippen LogP contribution in [-0.4, -0.2) is 91.1 Å². The van der Waals surface area contributed by atoms with E-state index in [1.165, 1.54) is 5.56 Å². The van der Waals surface area contributed by atoms with E-state index in [1.54, 1.807) is 11.3 Å². The van der Waals surface area contributed by atoms with Gasteiger partial charge in [0.2, 0.25) is 0 Å². The Kier molecular flexibility index (Phi) is 9.82. The van der Waals surface area contributed by atoms with Crippen molar-refractivity contribution in [2.45, 2.75) is 13.0 Å². The average Bonchev–Trinajstić information content (AvgIpc) is 3.33. The lowest BCUT2D eigenvalue weighted by molar-refractivity contribution is 0.127. The minimum atomic E-state index is 0. The summed E-state index contributed by atoms with van der Waals surface area (Å²) >= 11 is 1.70. The molecule has 2 saturated heterocycles. The van der Waals surface area contributed by atoms with Gasteiger partial charge in [0.05, 0.1) is 0 Å². The second kappa shape index (κ2) is 12.6. The van der Waals surface area contributed by atoms with Crippen LogP contribution in [0.15, 0.2) is 46.9 Å². The van der Waals surface area contributed by atoms with Gasteiger partial charge in [-0.25, -0.2) is 4.98 Å². The molecule has 0 atom stereocenters. The van der Waals surface area contributed by atoms with Crippen LogP contribution in [0.1, 0.15) is 12.0 Å². The Morgan fingerprint density at radius 1 is 0.968 bits per heavy atom. The number of hydrogen-bond acceptors (Lipinski definition) is 6. The third-order valence-electron chi connectivity index (χ3n) is 5.91. The average molecular weight is 556 g/mol. The maximum atomic E-state index is 6.25. The van der Waals surface area contributed by atoms with Gasteiger partial charge in [0.1, 0.15) is 0 Å². The Bertz CT molecular complexity index is 770. The molecule has 0 amide bonds. The van der Waals surface area contributed by atoms with Crippen molar-refractivity contribution in [2.75, 3.05) is 70.3 Å². The molecule has 2 aliphatic rings. The van der Waals surface area contributed by atoms with E-state index in [2.05, 4.69) is 59.9 Å². The summed E-state index contributed by atoms with van der Waals surface area (Å²) in [4.78, 5) is 18.7. The fraction of sp³-hybridized carbons (Fsp3) is 0.545. The molecule has 2 N–H and O–H groups in total. The number of anilines is 1. The summed E-state index contributed by atoms with van der Waals surface area (Å²) < 4.78 is 0. The second-order valence-corrected chi connectivity index (χ2v) is 8.86. The molecule has 4 rings (SSSR count).